The summed E-state index contributed by atoms with van der Waals surface area (Å²) in [6, 6.07) is 0. The molecule has 0 saturated heterocycles. The minimum absolute atomic E-state index is 0.973. The van der Waals surface area contributed by atoms with Gasteiger partial charge in [0.05, 0.1) is 5.69 Å². The molecule has 1 N–H and O–H groups in total. The van der Waals surface area contributed by atoms with Crippen molar-refractivity contribution >= 4 is 0 Å². The fourth-order valence-corrected chi connectivity index (χ4v) is 1.37. The van der Waals surface area contributed by atoms with E-state index in [1.165, 1.54) is 5.69 Å². The average Bonchev–Trinajstić information content (AvgIpc) is 2.34. The summed E-state index contributed by atoms with van der Waals surface area (Å²) in [5, 5.41) is 3.29. The predicted molar refractivity (Wildman–Crippen MR) is 38.7 cm³/mol. The average molecular weight is 137 g/mol. The maximum Gasteiger partial charge on any atom is 0.105 e. The highest BCUT2D eigenvalue weighted by Crippen LogP contribution is 2.06. The molecule has 0 aliphatic carbocycles. The molecule has 2 rings (SSSR count). The summed E-state index contributed by atoms with van der Waals surface area (Å²) in [4.78, 5) is 4.22. The van der Waals surface area contributed by atoms with Gasteiger partial charge in [0.25, 0.3) is 0 Å². The second kappa shape index (κ2) is 2.09. The fraction of sp³-hybridized carbons (Fsp3) is 0.571. The molecule has 1 aliphatic heterocycles. The first-order valence-corrected chi connectivity index (χ1v) is 3.59. The molecule has 0 unspecified atom stereocenters. The Kier molecular flexibility index (Phi) is 1.24. The van der Waals surface area contributed by atoms with E-state index >= 15 is 0 Å². The monoisotopic (exact) mass is 137 g/mol. The normalized spacial score (nSPS) is 16.9. The van der Waals surface area contributed by atoms with Crippen LogP contribution in [0, 0.1) is 6.92 Å². The highest BCUT2D eigenvalue weighted by molar-refractivity contribution is 5.05. The lowest BCUT2D eigenvalue weighted by Gasteiger charge is -2.16. The lowest BCUT2D eigenvalue weighted by atomic mass is 10.3. The van der Waals surface area contributed by atoms with Crippen molar-refractivity contribution in [3.63, 3.8) is 0 Å². The molecule has 0 fully saturated rings. The second-order valence-electron chi connectivity index (χ2n) is 2.63. The van der Waals surface area contributed by atoms with Gasteiger partial charge in [0, 0.05) is 25.8 Å². The number of hydrogen-bond acceptors (Lipinski definition) is 2. The molecule has 0 bridgehead atoms. The van der Waals surface area contributed by atoms with Gasteiger partial charge < -0.3 is 9.88 Å². The Labute approximate surface area is 60.1 Å². The molecule has 0 spiro atoms. The van der Waals surface area contributed by atoms with Crippen molar-refractivity contribution in [2.75, 3.05) is 6.54 Å². The van der Waals surface area contributed by atoms with Gasteiger partial charge in [-0.25, -0.2) is 4.98 Å². The molecule has 0 radical (unpaired) electrons. The highest BCUT2D eigenvalue weighted by atomic mass is 15.1. The minimum Gasteiger partial charge on any atom is -0.330 e. The maximum atomic E-state index is 4.22. The molecular formula is C7H11N3. The van der Waals surface area contributed by atoms with Crippen molar-refractivity contribution in [1.82, 2.24) is 14.9 Å². The standard InChI is InChI=1S/C7H11N3/c1-6-9-5-7-4-8-2-3-10(6)7/h5,8H,2-4H2,1H3. The molecule has 1 aromatic heterocycles. The van der Waals surface area contributed by atoms with E-state index in [1.54, 1.807) is 0 Å². The molecule has 0 aromatic carbocycles. The van der Waals surface area contributed by atoms with E-state index in [0.29, 0.717) is 0 Å². The van der Waals surface area contributed by atoms with E-state index in [4.69, 9.17) is 0 Å². The molecule has 1 aliphatic rings. The summed E-state index contributed by atoms with van der Waals surface area (Å²) in [7, 11) is 0. The predicted octanol–water partition coefficient (Wildman–Crippen LogP) is 0.295. The first kappa shape index (κ1) is 5.92. The molecule has 0 atom stereocenters. The lowest BCUT2D eigenvalue weighted by molar-refractivity contribution is 0.507. The number of aryl methyl sites for hydroxylation is 1. The van der Waals surface area contributed by atoms with E-state index in [2.05, 4.69) is 21.8 Å². The summed E-state index contributed by atoms with van der Waals surface area (Å²) in [6.45, 7) is 5.17. The van der Waals surface area contributed by atoms with Gasteiger partial charge in [-0.1, -0.05) is 0 Å². The Morgan fingerprint density at radius 1 is 1.70 bits per heavy atom. The van der Waals surface area contributed by atoms with Crippen molar-refractivity contribution in [2.24, 2.45) is 0 Å². The Bertz CT molecular complexity index is 239. The van der Waals surface area contributed by atoms with Crippen LogP contribution < -0.4 is 5.32 Å². The Hall–Kier alpha value is -0.830. The van der Waals surface area contributed by atoms with Crippen LogP contribution in [0.2, 0.25) is 0 Å². The van der Waals surface area contributed by atoms with E-state index in [-0.39, 0.29) is 0 Å². The van der Waals surface area contributed by atoms with Gasteiger partial charge in [0.1, 0.15) is 5.82 Å². The minimum atomic E-state index is 0.973. The number of imidazole rings is 1. The number of nitrogens with zero attached hydrogens (tertiary/aromatic N) is 2. The Balaban J connectivity index is 2.45. The zero-order chi connectivity index (χ0) is 6.97. The molecule has 3 nitrogen and oxygen atoms in total. The Morgan fingerprint density at radius 3 is 3.40 bits per heavy atom. The van der Waals surface area contributed by atoms with Crippen LogP contribution in [0.25, 0.3) is 0 Å². The SMILES string of the molecule is Cc1ncc2n1CCNC2. The number of hydrogen-bond donors (Lipinski definition) is 1. The molecule has 3 heteroatoms. The van der Waals surface area contributed by atoms with Crippen LogP contribution in [0.15, 0.2) is 6.20 Å². The van der Waals surface area contributed by atoms with Crippen molar-refractivity contribution < 1.29 is 0 Å². The number of nitrogens with one attached hydrogen (secondary N) is 1. The summed E-state index contributed by atoms with van der Waals surface area (Å²) >= 11 is 0. The first-order chi connectivity index (χ1) is 4.88. The number of rotatable bonds is 0. The maximum absolute atomic E-state index is 4.22. The highest BCUT2D eigenvalue weighted by Gasteiger charge is 2.09. The third-order valence-corrected chi connectivity index (χ3v) is 1.96. The van der Waals surface area contributed by atoms with Crippen LogP contribution in [-0.4, -0.2) is 16.1 Å². The summed E-state index contributed by atoms with van der Waals surface area (Å²) in [5.41, 5.74) is 1.31. The smallest absolute Gasteiger partial charge is 0.105 e. The first-order valence-electron chi connectivity index (χ1n) is 3.59. The van der Waals surface area contributed by atoms with Crippen LogP contribution in [0.4, 0.5) is 0 Å². The van der Waals surface area contributed by atoms with Gasteiger partial charge >= 0.3 is 0 Å². The van der Waals surface area contributed by atoms with Crippen molar-refractivity contribution in [3.8, 4) is 0 Å². The lowest BCUT2D eigenvalue weighted by Crippen LogP contribution is -2.28. The molecule has 1 aromatic rings. The van der Waals surface area contributed by atoms with Crippen LogP contribution >= 0.6 is 0 Å². The fourth-order valence-electron chi connectivity index (χ4n) is 1.37. The van der Waals surface area contributed by atoms with Gasteiger partial charge in [-0.3, -0.25) is 0 Å². The number of aromatic nitrogens is 2. The molecule has 2 heterocycles. The van der Waals surface area contributed by atoms with Crippen LogP contribution in [0.1, 0.15) is 11.5 Å². The van der Waals surface area contributed by atoms with Gasteiger partial charge in [0.15, 0.2) is 0 Å². The van der Waals surface area contributed by atoms with Crippen LogP contribution in [0.5, 0.6) is 0 Å². The van der Waals surface area contributed by atoms with Gasteiger partial charge in [-0.15, -0.1) is 0 Å². The van der Waals surface area contributed by atoms with Gasteiger partial charge in [-0.2, -0.15) is 0 Å². The molecule has 10 heavy (non-hydrogen) atoms. The largest absolute Gasteiger partial charge is 0.330 e. The van der Waals surface area contributed by atoms with E-state index in [1.807, 2.05) is 6.20 Å². The number of fused-ring (bicyclic) bond motifs is 1. The third-order valence-electron chi connectivity index (χ3n) is 1.96. The molecule has 0 saturated carbocycles. The van der Waals surface area contributed by atoms with E-state index in [0.717, 1.165) is 25.5 Å². The van der Waals surface area contributed by atoms with Crippen LogP contribution in [-0.2, 0) is 13.1 Å². The zero-order valence-electron chi connectivity index (χ0n) is 6.09. The van der Waals surface area contributed by atoms with Crippen molar-refractivity contribution in [2.45, 2.75) is 20.0 Å². The van der Waals surface area contributed by atoms with Gasteiger partial charge in [0.2, 0.25) is 0 Å². The van der Waals surface area contributed by atoms with E-state index < -0.39 is 0 Å². The van der Waals surface area contributed by atoms with Crippen molar-refractivity contribution in [1.29, 1.82) is 0 Å². The van der Waals surface area contributed by atoms with Crippen LogP contribution in [0.3, 0.4) is 0 Å². The van der Waals surface area contributed by atoms with Crippen molar-refractivity contribution in [3.05, 3.63) is 17.7 Å². The Morgan fingerprint density at radius 2 is 2.60 bits per heavy atom. The summed E-state index contributed by atoms with van der Waals surface area (Å²) in [5.74, 6) is 1.14. The zero-order valence-corrected chi connectivity index (χ0v) is 6.09. The van der Waals surface area contributed by atoms with Gasteiger partial charge in [-0.05, 0) is 6.92 Å². The quantitative estimate of drug-likeness (QED) is 0.557. The molecule has 54 valence electrons. The topological polar surface area (TPSA) is 29.9 Å². The third kappa shape index (κ3) is 0.743. The molecular weight excluding hydrogens is 126 g/mol. The summed E-state index contributed by atoms with van der Waals surface area (Å²) < 4.78 is 2.26. The molecule has 0 amide bonds. The second-order valence-corrected chi connectivity index (χ2v) is 2.63. The van der Waals surface area contributed by atoms with E-state index in [9.17, 15) is 0 Å². The summed E-state index contributed by atoms with van der Waals surface area (Å²) in [6.07, 6.45) is 1.95.